The van der Waals surface area contributed by atoms with E-state index in [1.807, 2.05) is 24.3 Å². The number of rotatable bonds is 3. The summed E-state index contributed by atoms with van der Waals surface area (Å²) in [7, 11) is 0. The normalized spacial score (nSPS) is 31.5. The Bertz CT molecular complexity index is 716. The molecule has 2 unspecified atom stereocenters. The standard InChI is InChI=1S/C23H30N2/c1-16-10-17-12-18(11-16)15-23(2,14-17)19-4-3-5-22(13-19)25-21-8-6-20(24)7-9-21/h3-9,13,16-18,25H,10-12,14-15,24H2,1-2H3. The van der Waals surface area contributed by atoms with Gasteiger partial charge in [-0.3, -0.25) is 0 Å². The molecule has 0 spiro atoms. The molecule has 0 aliphatic heterocycles. The number of nitrogens with one attached hydrogen (secondary N) is 1. The van der Waals surface area contributed by atoms with E-state index in [1.165, 1.54) is 43.4 Å². The SMILES string of the molecule is CC1CC2CC(C1)CC(C)(c1cccc(Nc3ccc(N)cc3)c1)C2. The number of nitrogen functional groups attached to an aromatic ring is 1. The van der Waals surface area contributed by atoms with Gasteiger partial charge in [-0.1, -0.05) is 26.0 Å². The lowest BCUT2D eigenvalue weighted by atomic mass is 9.57. The fourth-order valence-electron chi connectivity index (χ4n) is 5.53. The van der Waals surface area contributed by atoms with Crippen molar-refractivity contribution in [2.45, 2.75) is 51.4 Å². The fraction of sp³-hybridized carbons (Fsp3) is 0.478. The zero-order valence-electron chi connectivity index (χ0n) is 15.5. The average molecular weight is 335 g/mol. The minimum atomic E-state index is 0.326. The minimum Gasteiger partial charge on any atom is -0.399 e. The van der Waals surface area contributed by atoms with Crippen molar-refractivity contribution in [2.24, 2.45) is 17.8 Å². The molecule has 2 heteroatoms. The highest BCUT2D eigenvalue weighted by molar-refractivity contribution is 5.62. The van der Waals surface area contributed by atoms with E-state index >= 15 is 0 Å². The van der Waals surface area contributed by atoms with Crippen LogP contribution in [0.25, 0.3) is 0 Å². The highest BCUT2D eigenvalue weighted by Gasteiger charge is 2.41. The van der Waals surface area contributed by atoms with Crippen molar-refractivity contribution in [3.63, 3.8) is 0 Å². The number of hydrogen-bond acceptors (Lipinski definition) is 2. The number of anilines is 3. The summed E-state index contributed by atoms with van der Waals surface area (Å²) in [5.41, 5.74) is 10.7. The summed E-state index contributed by atoms with van der Waals surface area (Å²) in [6.07, 6.45) is 7.01. The molecule has 2 aliphatic carbocycles. The van der Waals surface area contributed by atoms with Crippen molar-refractivity contribution in [3.8, 4) is 0 Å². The zero-order chi connectivity index (χ0) is 17.4. The van der Waals surface area contributed by atoms with E-state index < -0.39 is 0 Å². The summed E-state index contributed by atoms with van der Waals surface area (Å²) in [5, 5.41) is 3.53. The van der Waals surface area contributed by atoms with Gasteiger partial charge < -0.3 is 11.1 Å². The Kier molecular flexibility index (Phi) is 4.23. The van der Waals surface area contributed by atoms with Gasteiger partial charge in [0.2, 0.25) is 0 Å². The van der Waals surface area contributed by atoms with E-state index in [1.54, 1.807) is 0 Å². The van der Waals surface area contributed by atoms with E-state index in [4.69, 9.17) is 5.73 Å². The first-order chi connectivity index (χ1) is 12.0. The molecule has 3 N–H and O–H groups in total. The van der Waals surface area contributed by atoms with Crippen LogP contribution in [0, 0.1) is 17.8 Å². The third-order valence-corrected chi connectivity index (χ3v) is 6.38. The van der Waals surface area contributed by atoms with Crippen molar-refractivity contribution in [2.75, 3.05) is 11.1 Å². The van der Waals surface area contributed by atoms with E-state index in [2.05, 4.69) is 43.4 Å². The summed E-state index contributed by atoms with van der Waals surface area (Å²) >= 11 is 0. The Morgan fingerprint density at radius 1 is 0.920 bits per heavy atom. The zero-order valence-corrected chi connectivity index (χ0v) is 15.5. The molecular formula is C23H30N2. The van der Waals surface area contributed by atoms with Gasteiger partial charge in [0.15, 0.2) is 0 Å². The minimum absolute atomic E-state index is 0.326. The van der Waals surface area contributed by atoms with E-state index in [-0.39, 0.29) is 0 Å². The summed E-state index contributed by atoms with van der Waals surface area (Å²) in [6, 6.07) is 17.0. The first-order valence-corrected chi connectivity index (χ1v) is 9.73. The Balaban J connectivity index is 1.55. The first-order valence-electron chi connectivity index (χ1n) is 9.73. The van der Waals surface area contributed by atoms with Crippen molar-refractivity contribution in [3.05, 3.63) is 54.1 Å². The van der Waals surface area contributed by atoms with Gasteiger partial charge in [0.05, 0.1) is 0 Å². The van der Waals surface area contributed by atoms with Crippen molar-refractivity contribution >= 4 is 17.1 Å². The Morgan fingerprint density at radius 2 is 1.60 bits per heavy atom. The second-order valence-electron chi connectivity index (χ2n) is 8.84. The molecule has 2 aromatic rings. The van der Waals surface area contributed by atoms with Gasteiger partial charge in [0.25, 0.3) is 0 Å². The monoisotopic (exact) mass is 334 g/mol. The van der Waals surface area contributed by atoms with Crippen LogP contribution < -0.4 is 11.1 Å². The van der Waals surface area contributed by atoms with Crippen LogP contribution in [0.3, 0.4) is 0 Å². The maximum Gasteiger partial charge on any atom is 0.0387 e. The quantitative estimate of drug-likeness (QED) is 0.664. The van der Waals surface area contributed by atoms with Gasteiger partial charge in [0.1, 0.15) is 0 Å². The van der Waals surface area contributed by atoms with Crippen LogP contribution in [0.15, 0.2) is 48.5 Å². The number of nitrogens with two attached hydrogens (primary N) is 1. The predicted octanol–water partition coefficient (Wildman–Crippen LogP) is 6.12. The smallest absolute Gasteiger partial charge is 0.0387 e. The Hall–Kier alpha value is -1.96. The molecule has 2 atom stereocenters. The lowest BCUT2D eigenvalue weighted by molar-refractivity contribution is 0.0899. The molecule has 25 heavy (non-hydrogen) atoms. The van der Waals surface area contributed by atoms with Crippen LogP contribution in [-0.4, -0.2) is 0 Å². The van der Waals surface area contributed by atoms with Crippen LogP contribution in [0.5, 0.6) is 0 Å². The Morgan fingerprint density at radius 3 is 2.28 bits per heavy atom. The molecule has 2 bridgehead atoms. The second kappa shape index (κ2) is 6.40. The van der Waals surface area contributed by atoms with Crippen molar-refractivity contribution in [1.82, 2.24) is 0 Å². The number of fused-ring (bicyclic) bond motifs is 2. The van der Waals surface area contributed by atoms with Crippen LogP contribution in [-0.2, 0) is 5.41 Å². The highest BCUT2D eigenvalue weighted by Crippen LogP contribution is 2.51. The van der Waals surface area contributed by atoms with Crippen LogP contribution in [0.1, 0.15) is 51.5 Å². The lowest BCUT2D eigenvalue weighted by Gasteiger charge is -2.47. The van der Waals surface area contributed by atoms with Crippen LogP contribution in [0.4, 0.5) is 17.1 Å². The highest BCUT2D eigenvalue weighted by atomic mass is 14.9. The largest absolute Gasteiger partial charge is 0.399 e. The number of benzene rings is 2. The van der Waals surface area contributed by atoms with Gasteiger partial charge in [0, 0.05) is 17.1 Å². The van der Waals surface area contributed by atoms with Crippen LogP contribution >= 0.6 is 0 Å². The maximum atomic E-state index is 5.79. The molecule has 4 rings (SSSR count). The van der Waals surface area contributed by atoms with Gasteiger partial charge >= 0.3 is 0 Å². The number of hydrogen-bond donors (Lipinski definition) is 2. The molecule has 0 saturated heterocycles. The third kappa shape index (κ3) is 3.53. The predicted molar refractivity (Wildman–Crippen MR) is 107 cm³/mol. The summed E-state index contributed by atoms with van der Waals surface area (Å²) in [6.45, 7) is 4.93. The van der Waals surface area contributed by atoms with Gasteiger partial charge in [-0.25, -0.2) is 0 Å². The maximum absolute atomic E-state index is 5.79. The molecule has 2 aliphatic rings. The molecule has 132 valence electrons. The molecule has 0 amide bonds. The average Bonchev–Trinajstić information content (AvgIpc) is 2.56. The molecule has 2 aromatic carbocycles. The van der Waals surface area contributed by atoms with Crippen LogP contribution in [0.2, 0.25) is 0 Å². The van der Waals surface area contributed by atoms with E-state index in [0.717, 1.165) is 29.1 Å². The fourth-order valence-corrected chi connectivity index (χ4v) is 5.53. The molecule has 2 fully saturated rings. The van der Waals surface area contributed by atoms with Crippen molar-refractivity contribution in [1.29, 1.82) is 0 Å². The third-order valence-electron chi connectivity index (χ3n) is 6.38. The van der Waals surface area contributed by atoms with E-state index in [0.29, 0.717) is 5.41 Å². The molecule has 0 aromatic heterocycles. The summed E-state index contributed by atoms with van der Waals surface area (Å²) < 4.78 is 0. The molecule has 0 heterocycles. The first kappa shape index (κ1) is 16.5. The molecule has 0 radical (unpaired) electrons. The summed E-state index contributed by atoms with van der Waals surface area (Å²) in [5.74, 6) is 2.76. The van der Waals surface area contributed by atoms with Gasteiger partial charge in [-0.2, -0.15) is 0 Å². The van der Waals surface area contributed by atoms with Gasteiger partial charge in [-0.15, -0.1) is 0 Å². The Labute approximate surface area is 151 Å². The summed E-state index contributed by atoms with van der Waals surface area (Å²) in [4.78, 5) is 0. The van der Waals surface area contributed by atoms with Gasteiger partial charge in [-0.05, 0) is 97.2 Å². The topological polar surface area (TPSA) is 38.0 Å². The molecular weight excluding hydrogens is 304 g/mol. The molecule has 2 nitrogen and oxygen atoms in total. The molecule has 2 saturated carbocycles. The van der Waals surface area contributed by atoms with E-state index in [9.17, 15) is 0 Å². The second-order valence-corrected chi connectivity index (χ2v) is 8.84. The van der Waals surface area contributed by atoms with Crippen molar-refractivity contribution < 1.29 is 0 Å². The lowest BCUT2D eigenvalue weighted by Crippen LogP contribution is -2.38.